The molecule has 6 heteroatoms. The Morgan fingerprint density at radius 3 is 2.54 bits per heavy atom. The van der Waals surface area contributed by atoms with Crippen LogP contribution in [0.15, 0.2) is 48.5 Å². The zero-order chi connectivity index (χ0) is 17.9. The number of fused-ring (bicyclic) bond motifs is 1. The van der Waals surface area contributed by atoms with Gasteiger partial charge in [-0.1, -0.05) is 41.9 Å². The first kappa shape index (κ1) is 17.2. The second-order valence-corrected chi connectivity index (χ2v) is 7.05. The fraction of sp³-hybridized carbons (Fsp3) is 0.300. The van der Waals surface area contributed by atoms with Crippen molar-refractivity contribution in [1.82, 2.24) is 9.97 Å². The highest BCUT2D eigenvalue weighted by molar-refractivity contribution is 6.31. The van der Waals surface area contributed by atoms with Crippen molar-refractivity contribution in [2.24, 2.45) is 0 Å². The number of aliphatic hydroxyl groups excluding tert-OH is 1. The number of hydrogen-bond donors (Lipinski definition) is 2. The van der Waals surface area contributed by atoms with Crippen LogP contribution in [0.5, 0.6) is 0 Å². The van der Waals surface area contributed by atoms with Crippen molar-refractivity contribution in [2.75, 3.05) is 44.2 Å². The summed E-state index contributed by atoms with van der Waals surface area (Å²) in [5.74, 6) is 0.765. The molecule has 0 aliphatic carbocycles. The van der Waals surface area contributed by atoms with Crippen LogP contribution in [0.3, 0.4) is 0 Å². The molecule has 4 rings (SSSR count). The predicted octanol–water partition coefficient (Wildman–Crippen LogP) is 1.65. The van der Waals surface area contributed by atoms with Crippen LogP contribution in [-0.2, 0) is 0 Å². The molecule has 2 N–H and O–H groups in total. The Morgan fingerprint density at radius 2 is 1.81 bits per heavy atom. The van der Waals surface area contributed by atoms with Crippen molar-refractivity contribution in [3.63, 3.8) is 0 Å². The number of piperazine rings is 1. The van der Waals surface area contributed by atoms with E-state index in [2.05, 4.69) is 17.0 Å². The average molecular weight is 370 g/mol. The third kappa shape index (κ3) is 3.51. The van der Waals surface area contributed by atoms with Crippen molar-refractivity contribution in [1.29, 1.82) is 0 Å². The standard InChI is InChI=1S/C20H21ClN4O/c21-16-6-7-18-17(14-16)19(15-4-2-1-3-5-15)23-20(22-18)25-10-8-24(9-11-25)12-13-26/h1-7,14,26H,8-13H2/p+1. The minimum Gasteiger partial charge on any atom is -0.391 e. The lowest BCUT2D eigenvalue weighted by atomic mass is 10.1. The van der Waals surface area contributed by atoms with Gasteiger partial charge < -0.3 is 14.9 Å². The highest BCUT2D eigenvalue weighted by Gasteiger charge is 2.22. The number of nitrogens with zero attached hydrogens (tertiary/aromatic N) is 3. The Hall–Kier alpha value is -2.21. The fourth-order valence-corrected chi connectivity index (χ4v) is 3.65. The zero-order valence-electron chi connectivity index (χ0n) is 14.5. The number of halogens is 1. The molecule has 1 aliphatic rings. The number of anilines is 1. The maximum absolute atomic E-state index is 9.13. The Kier molecular flexibility index (Phi) is 5.02. The zero-order valence-corrected chi connectivity index (χ0v) is 15.3. The third-order valence-corrected chi connectivity index (χ3v) is 5.15. The molecule has 1 saturated heterocycles. The van der Waals surface area contributed by atoms with Crippen LogP contribution in [0.1, 0.15) is 0 Å². The Morgan fingerprint density at radius 1 is 1.04 bits per heavy atom. The van der Waals surface area contributed by atoms with Crippen LogP contribution in [0, 0.1) is 0 Å². The molecule has 3 aromatic rings. The van der Waals surface area contributed by atoms with Crippen LogP contribution in [-0.4, -0.2) is 54.4 Å². The van der Waals surface area contributed by atoms with Gasteiger partial charge in [0.2, 0.25) is 5.95 Å². The molecule has 0 spiro atoms. The molecule has 26 heavy (non-hydrogen) atoms. The monoisotopic (exact) mass is 369 g/mol. The molecule has 1 aliphatic heterocycles. The first-order chi connectivity index (χ1) is 12.7. The SMILES string of the molecule is OCC[NH+]1CCN(c2nc(-c3ccccc3)c3cc(Cl)ccc3n2)CC1. The summed E-state index contributed by atoms with van der Waals surface area (Å²) in [6.07, 6.45) is 0. The van der Waals surface area contributed by atoms with Gasteiger partial charge in [-0.25, -0.2) is 9.97 Å². The molecule has 0 unspecified atom stereocenters. The van der Waals surface area contributed by atoms with Crippen LogP contribution < -0.4 is 9.80 Å². The Balaban J connectivity index is 1.74. The van der Waals surface area contributed by atoms with Gasteiger partial charge >= 0.3 is 0 Å². The van der Waals surface area contributed by atoms with E-state index in [4.69, 9.17) is 26.7 Å². The van der Waals surface area contributed by atoms with Crippen molar-refractivity contribution in [3.8, 4) is 11.3 Å². The summed E-state index contributed by atoms with van der Waals surface area (Å²) in [4.78, 5) is 13.4. The number of quaternary nitrogens is 1. The van der Waals surface area contributed by atoms with Crippen LogP contribution in [0.2, 0.25) is 5.02 Å². The van der Waals surface area contributed by atoms with Crippen molar-refractivity contribution in [3.05, 3.63) is 53.6 Å². The van der Waals surface area contributed by atoms with Crippen molar-refractivity contribution in [2.45, 2.75) is 0 Å². The summed E-state index contributed by atoms with van der Waals surface area (Å²) in [7, 11) is 0. The molecular weight excluding hydrogens is 348 g/mol. The molecule has 2 aromatic carbocycles. The van der Waals surface area contributed by atoms with E-state index in [9.17, 15) is 0 Å². The number of aliphatic hydroxyl groups is 1. The van der Waals surface area contributed by atoms with E-state index in [1.54, 1.807) is 0 Å². The maximum atomic E-state index is 9.13. The Labute approximate surface area is 157 Å². The van der Waals surface area contributed by atoms with Crippen LogP contribution >= 0.6 is 11.6 Å². The number of benzene rings is 2. The van der Waals surface area contributed by atoms with E-state index in [1.807, 2.05) is 36.4 Å². The Bertz CT molecular complexity index is 895. The maximum Gasteiger partial charge on any atom is 0.226 e. The van der Waals surface area contributed by atoms with Gasteiger partial charge in [-0.05, 0) is 18.2 Å². The molecule has 0 atom stereocenters. The van der Waals surface area contributed by atoms with E-state index in [0.717, 1.165) is 60.8 Å². The van der Waals surface area contributed by atoms with Gasteiger partial charge in [0.25, 0.3) is 0 Å². The fourth-order valence-electron chi connectivity index (χ4n) is 3.48. The molecule has 0 amide bonds. The molecule has 0 bridgehead atoms. The summed E-state index contributed by atoms with van der Waals surface area (Å²) in [5.41, 5.74) is 2.88. The van der Waals surface area contributed by atoms with Crippen molar-refractivity contribution < 1.29 is 10.0 Å². The lowest BCUT2D eigenvalue weighted by Gasteiger charge is -2.32. The first-order valence-corrected chi connectivity index (χ1v) is 9.34. The van der Waals surface area contributed by atoms with Gasteiger partial charge in [-0.15, -0.1) is 0 Å². The largest absolute Gasteiger partial charge is 0.391 e. The van der Waals surface area contributed by atoms with E-state index >= 15 is 0 Å². The lowest BCUT2D eigenvalue weighted by molar-refractivity contribution is -0.900. The van der Waals surface area contributed by atoms with Gasteiger partial charge in [0.1, 0.15) is 6.54 Å². The minimum atomic E-state index is 0.237. The summed E-state index contributed by atoms with van der Waals surface area (Å²) >= 11 is 6.22. The topological polar surface area (TPSA) is 53.7 Å². The lowest BCUT2D eigenvalue weighted by Crippen LogP contribution is -3.15. The molecule has 134 valence electrons. The number of nitrogens with one attached hydrogen (secondary N) is 1. The second kappa shape index (κ2) is 7.58. The van der Waals surface area contributed by atoms with E-state index in [0.29, 0.717) is 5.02 Å². The van der Waals surface area contributed by atoms with Gasteiger partial charge in [0.05, 0.1) is 44.0 Å². The van der Waals surface area contributed by atoms with Crippen LogP contribution in [0.4, 0.5) is 5.95 Å². The van der Waals surface area contributed by atoms with Gasteiger partial charge in [-0.3, -0.25) is 0 Å². The number of hydrogen-bond acceptors (Lipinski definition) is 4. The molecule has 1 fully saturated rings. The minimum absolute atomic E-state index is 0.237. The number of aromatic nitrogens is 2. The molecule has 0 saturated carbocycles. The number of rotatable bonds is 4. The van der Waals surface area contributed by atoms with Crippen LogP contribution in [0.25, 0.3) is 22.2 Å². The third-order valence-electron chi connectivity index (χ3n) is 4.91. The highest BCUT2D eigenvalue weighted by Crippen LogP contribution is 2.30. The molecule has 2 heterocycles. The second-order valence-electron chi connectivity index (χ2n) is 6.61. The quantitative estimate of drug-likeness (QED) is 0.734. The summed E-state index contributed by atoms with van der Waals surface area (Å²) < 4.78 is 0. The summed E-state index contributed by atoms with van der Waals surface area (Å²) in [5, 5.41) is 10.8. The molecule has 0 radical (unpaired) electrons. The van der Waals surface area contributed by atoms with Gasteiger partial charge in [-0.2, -0.15) is 0 Å². The average Bonchev–Trinajstić information content (AvgIpc) is 2.69. The van der Waals surface area contributed by atoms with Gasteiger partial charge in [0, 0.05) is 16.0 Å². The molecular formula is C20H22ClN4O+. The van der Waals surface area contributed by atoms with E-state index in [1.165, 1.54) is 4.90 Å². The molecule has 5 nitrogen and oxygen atoms in total. The van der Waals surface area contributed by atoms with E-state index in [-0.39, 0.29) is 6.61 Å². The van der Waals surface area contributed by atoms with Crippen molar-refractivity contribution >= 4 is 28.5 Å². The summed E-state index contributed by atoms with van der Waals surface area (Å²) in [6, 6.07) is 15.9. The highest BCUT2D eigenvalue weighted by atomic mass is 35.5. The summed E-state index contributed by atoms with van der Waals surface area (Å²) in [6.45, 7) is 4.80. The van der Waals surface area contributed by atoms with Gasteiger partial charge in [0.15, 0.2) is 0 Å². The smallest absolute Gasteiger partial charge is 0.226 e. The molecule has 1 aromatic heterocycles. The normalized spacial score (nSPS) is 15.5. The van der Waals surface area contributed by atoms with E-state index < -0.39 is 0 Å². The predicted molar refractivity (Wildman–Crippen MR) is 105 cm³/mol. The first-order valence-electron chi connectivity index (χ1n) is 8.97.